The van der Waals surface area contributed by atoms with Gasteiger partial charge in [-0.1, -0.05) is 53.9 Å². The van der Waals surface area contributed by atoms with Crippen LogP contribution in [0.2, 0.25) is 0 Å². The Hall–Kier alpha value is -0.330. The minimum Gasteiger partial charge on any atom is -0.300 e. The summed E-state index contributed by atoms with van der Waals surface area (Å²) in [7, 11) is 0. The van der Waals surface area contributed by atoms with Gasteiger partial charge in [0.2, 0.25) is 0 Å². The van der Waals surface area contributed by atoms with Gasteiger partial charge in [0.05, 0.1) is 0 Å². The van der Waals surface area contributed by atoms with Crippen LogP contribution >= 0.6 is 0 Å². The van der Waals surface area contributed by atoms with Crippen LogP contribution in [0, 0.1) is 52.3 Å². The average molecular weight is 388 g/mol. The predicted octanol–water partition coefficient (Wildman–Crippen LogP) is 7.68. The molecule has 2 unspecified atom stereocenters. The van der Waals surface area contributed by atoms with Crippen LogP contribution in [0.4, 0.5) is 0 Å². The van der Waals surface area contributed by atoms with Crippen LogP contribution in [0.5, 0.6) is 0 Å². The standard InChI is InChI=1S/C27H46O/c1-18(2)7-6-8-19(3)23-11-12-24-22-10-9-20-17-21(28)13-15-26(20,4)25(22)14-16-27(23,24)5/h18-20,22-25H,6-17H2,1-5H3/t19-,20?,22+,23-,24+,25+,26+,27-/m1/s1/i1D/t18?,19-,20?,22+,23-,24+,25+,26+,27-. The first-order valence-corrected chi connectivity index (χ1v) is 12.6. The molecule has 0 radical (unpaired) electrons. The summed E-state index contributed by atoms with van der Waals surface area (Å²) in [4.78, 5) is 12.1. The van der Waals surface area contributed by atoms with Gasteiger partial charge < -0.3 is 0 Å². The quantitative estimate of drug-likeness (QED) is 0.473. The molecule has 0 aliphatic heterocycles. The molecule has 4 aliphatic carbocycles. The smallest absolute Gasteiger partial charge is 0.133 e. The maximum absolute atomic E-state index is 12.1. The average Bonchev–Trinajstić information content (AvgIpc) is 3.05. The van der Waals surface area contributed by atoms with Crippen molar-refractivity contribution in [2.45, 2.75) is 112 Å². The summed E-state index contributed by atoms with van der Waals surface area (Å²) in [6.07, 6.45) is 15.4. The van der Waals surface area contributed by atoms with Crippen molar-refractivity contribution in [3.8, 4) is 0 Å². The highest BCUT2D eigenvalue weighted by Gasteiger charge is 2.60. The lowest BCUT2D eigenvalue weighted by atomic mass is 9.44. The van der Waals surface area contributed by atoms with E-state index in [9.17, 15) is 4.79 Å². The third kappa shape index (κ3) is 3.41. The predicted molar refractivity (Wildman–Crippen MR) is 118 cm³/mol. The van der Waals surface area contributed by atoms with Gasteiger partial charge in [-0.15, -0.1) is 0 Å². The SMILES string of the molecule is [2H]CC(C)CCC[C@@H](C)[C@H]1CC[C@H]2[C@@H]3CCC4CC(=O)CC[C@]4(C)[C@H]3CC[C@]12C. The van der Waals surface area contributed by atoms with E-state index in [1.54, 1.807) is 0 Å². The lowest BCUT2D eigenvalue weighted by Crippen LogP contribution is -2.53. The summed E-state index contributed by atoms with van der Waals surface area (Å²) >= 11 is 0. The van der Waals surface area contributed by atoms with Gasteiger partial charge in [0.25, 0.3) is 0 Å². The second kappa shape index (κ2) is 7.73. The molecule has 0 aromatic heterocycles. The highest BCUT2D eigenvalue weighted by Crippen LogP contribution is 2.68. The van der Waals surface area contributed by atoms with E-state index >= 15 is 0 Å². The molecule has 4 fully saturated rings. The van der Waals surface area contributed by atoms with Crippen molar-refractivity contribution >= 4 is 5.78 Å². The zero-order chi connectivity index (χ0) is 20.8. The number of rotatable bonds is 5. The summed E-state index contributed by atoms with van der Waals surface area (Å²) < 4.78 is 7.57. The largest absolute Gasteiger partial charge is 0.300 e. The molecule has 0 bridgehead atoms. The molecule has 160 valence electrons. The molecule has 0 saturated heterocycles. The van der Waals surface area contributed by atoms with Gasteiger partial charge in [-0.2, -0.15) is 0 Å². The molecule has 0 aromatic rings. The van der Waals surface area contributed by atoms with E-state index in [0.717, 1.165) is 42.4 Å². The molecule has 0 aromatic carbocycles. The van der Waals surface area contributed by atoms with Crippen molar-refractivity contribution < 1.29 is 6.17 Å². The van der Waals surface area contributed by atoms with Gasteiger partial charge in [0.15, 0.2) is 0 Å². The zero-order valence-electron chi connectivity index (χ0n) is 20.1. The second-order valence-corrected chi connectivity index (χ2v) is 12.1. The van der Waals surface area contributed by atoms with E-state index in [4.69, 9.17) is 1.37 Å². The number of Topliss-reactive ketones (excluding diaryl/α,β-unsaturated/α-hetero) is 1. The molecule has 28 heavy (non-hydrogen) atoms. The molecule has 4 rings (SSSR count). The molecule has 0 heterocycles. The Kier molecular flexibility index (Phi) is 5.42. The molecular weight excluding hydrogens is 340 g/mol. The number of fused-ring (bicyclic) bond motifs is 5. The number of hydrogen-bond donors (Lipinski definition) is 0. The summed E-state index contributed by atoms with van der Waals surface area (Å²) in [6.45, 7) is 10.6. The maximum atomic E-state index is 12.1. The van der Waals surface area contributed by atoms with Gasteiger partial charge in [0, 0.05) is 14.2 Å². The number of carbonyl (C=O) groups excluding carboxylic acids is 1. The Morgan fingerprint density at radius 1 is 1.00 bits per heavy atom. The van der Waals surface area contributed by atoms with E-state index in [2.05, 4.69) is 27.7 Å². The van der Waals surface area contributed by atoms with Crippen molar-refractivity contribution in [3.05, 3.63) is 0 Å². The van der Waals surface area contributed by atoms with Gasteiger partial charge in [-0.05, 0) is 97.2 Å². The summed E-state index contributed by atoms with van der Waals surface area (Å²) in [6, 6.07) is 0. The Balaban J connectivity index is 1.44. The molecule has 0 N–H and O–H groups in total. The normalized spacial score (nSPS) is 48.2. The molecule has 0 spiro atoms. The van der Waals surface area contributed by atoms with Crippen LogP contribution in [0.15, 0.2) is 0 Å². The minimum absolute atomic E-state index is 0.453. The van der Waals surface area contributed by atoms with Crippen molar-refractivity contribution in [1.82, 2.24) is 0 Å². The topological polar surface area (TPSA) is 17.1 Å². The van der Waals surface area contributed by atoms with Crippen molar-refractivity contribution in [3.63, 3.8) is 0 Å². The van der Waals surface area contributed by atoms with Crippen LogP contribution in [0.1, 0.15) is 113 Å². The lowest BCUT2D eigenvalue weighted by Gasteiger charge is -2.60. The van der Waals surface area contributed by atoms with Crippen LogP contribution in [0.25, 0.3) is 0 Å². The van der Waals surface area contributed by atoms with Gasteiger partial charge >= 0.3 is 0 Å². The fraction of sp³-hybridized carbons (Fsp3) is 0.963. The minimum atomic E-state index is 0.453. The molecule has 9 atom stereocenters. The second-order valence-electron chi connectivity index (χ2n) is 12.1. The molecular formula is C27H46O. The summed E-state index contributed by atoms with van der Waals surface area (Å²) in [5.41, 5.74) is 1.02. The number of hydrogen-bond acceptors (Lipinski definition) is 1. The van der Waals surface area contributed by atoms with Gasteiger partial charge in [-0.3, -0.25) is 4.79 Å². The van der Waals surface area contributed by atoms with Crippen molar-refractivity contribution in [2.24, 2.45) is 52.3 Å². The first kappa shape index (κ1) is 19.6. The Morgan fingerprint density at radius 3 is 2.57 bits per heavy atom. The van der Waals surface area contributed by atoms with E-state index in [-0.39, 0.29) is 0 Å². The number of carbonyl (C=O) groups is 1. The summed E-state index contributed by atoms with van der Waals surface area (Å²) in [5, 5.41) is 0. The Morgan fingerprint density at radius 2 is 1.79 bits per heavy atom. The van der Waals surface area contributed by atoms with Crippen LogP contribution in [-0.4, -0.2) is 5.78 Å². The Bertz CT molecular complexity index is 601. The van der Waals surface area contributed by atoms with Crippen molar-refractivity contribution in [1.29, 1.82) is 0 Å². The highest BCUT2D eigenvalue weighted by molar-refractivity contribution is 5.79. The van der Waals surface area contributed by atoms with Crippen LogP contribution in [-0.2, 0) is 4.79 Å². The van der Waals surface area contributed by atoms with Crippen LogP contribution < -0.4 is 0 Å². The maximum Gasteiger partial charge on any atom is 0.133 e. The number of ketones is 1. The fourth-order valence-electron chi connectivity index (χ4n) is 9.01. The molecule has 1 nitrogen and oxygen atoms in total. The first-order valence-electron chi connectivity index (χ1n) is 13.3. The molecule has 0 amide bonds. The third-order valence-electron chi connectivity index (χ3n) is 10.6. The van der Waals surface area contributed by atoms with E-state index < -0.39 is 0 Å². The third-order valence-corrected chi connectivity index (χ3v) is 10.6. The summed E-state index contributed by atoms with van der Waals surface area (Å²) in [5.74, 6) is 6.32. The van der Waals surface area contributed by atoms with Gasteiger partial charge in [-0.25, -0.2) is 0 Å². The monoisotopic (exact) mass is 387 g/mol. The highest BCUT2D eigenvalue weighted by atomic mass is 16.1. The van der Waals surface area contributed by atoms with Crippen molar-refractivity contribution in [2.75, 3.05) is 0 Å². The molecule has 4 aliphatic rings. The Labute approximate surface area is 176 Å². The van der Waals surface area contributed by atoms with E-state index in [1.807, 2.05) is 0 Å². The molecule has 1 heteroatoms. The molecule has 4 saturated carbocycles. The zero-order valence-corrected chi connectivity index (χ0v) is 19.1. The van der Waals surface area contributed by atoms with E-state index in [0.29, 0.717) is 35.3 Å². The van der Waals surface area contributed by atoms with E-state index in [1.165, 1.54) is 64.2 Å². The van der Waals surface area contributed by atoms with Crippen LogP contribution in [0.3, 0.4) is 0 Å². The first-order chi connectivity index (χ1) is 13.8. The lowest BCUT2D eigenvalue weighted by molar-refractivity contribution is -0.140. The van der Waals surface area contributed by atoms with Gasteiger partial charge in [0.1, 0.15) is 5.78 Å². The fourth-order valence-corrected chi connectivity index (χ4v) is 9.01.